The van der Waals surface area contributed by atoms with Gasteiger partial charge in [-0.1, -0.05) is 36.4 Å². The Morgan fingerprint density at radius 1 is 1.07 bits per heavy atom. The fraction of sp³-hybridized carbons (Fsp3) is 0.500. The molecule has 238 valence electrons. The molecule has 45 heavy (non-hydrogen) atoms. The Hall–Kier alpha value is -4.41. The zero-order valence-corrected chi connectivity index (χ0v) is 26.2. The Morgan fingerprint density at radius 2 is 1.78 bits per heavy atom. The summed E-state index contributed by atoms with van der Waals surface area (Å²) in [5.41, 5.74) is -0.425. The minimum atomic E-state index is -1.50. The number of anilines is 1. The summed E-state index contributed by atoms with van der Waals surface area (Å²) in [5, 5.41) is 5.56. The number of carbonyl (C=O) groups excluding carboxylic acids is 5. The van der Waals surface area contributed by atoms with E-state index in [0.717, 1.165) is 28.9 Å². The zero-order valence-electron chi connectivity index (χ0n) is 26.2. The van der Waals surface area contributed by atoms with E-state index in [-0.39, 0.29) is 30.8 Å². The number of benzene rings is 2. The number of nitrogens with one attached hydrogen (secondary N) is 2. The molecule has 6 rings (SSSR count). The van der Waals surface area contributed by atoms with Gasteiger partial charge in [0.15, 0.2) is 0 Å². The summed E-state index contributed by atoms with van der Waals surface area (Å²) >= 11 is 0. The van der Waals surface area contributed by atoms with Gasteiger partial charge in [0, 0.05) is 30.3 Å². The first kappa shape index (κ1) is 30.6. The molecule has 2 aromatic carbocycles. The number of nitrogens with zero attached hydrogens (tertiary/aromatic N) is 2. The second-order valence-corrected chi connectivity index (χ2v) is 13.7. The van der Waals surface area contributed by atoms with Crippen LogP contribution < -0.4 is 10.6 Å². The minimum Gasteiger partial charge on any atom is -0.444 e. The number of ether oxygens (including phenoxy) is 2. The highest BCUT2D eigenvalue weighted by Crippen LogP contribution is 2.46. The lowest BCUT2D eigenvalue weighted by atomic mass is 9.94. The predicted octanol–water partition coefficient (Wildman–Crippen LogP) is 4.63. The number of rotatable bonds is 9. The van der Waals surface area contributed by atoms with Gasteiger partial charge < -0.3 is 25.0 Å². The van der Waals surface area contributed by atoms with Gasteiger partial charge in [0.05, 0.1) is 0 Å². The third-order valence-electron chi connectivity index (χ3n) is 9.15. The molecule has 1 aliphatic heterocycles. The van der Waals surface area contributed by atoms with Crippen molar-refractivity contribution in [2.45, 2.75) is 95.5 Å². The number of carbonyl (C=O) groups is 5. The Morgan fingerprint density at radius 3 is 2.42 bits per heavy atom. The van der Waals surface area contributed by atoms with Crippen LogP contribution in [0.1, 0.15) is 76.5 Å². The van der Waals surface area contributed by atoms with Crippen LogP contribution in [0.25, 0.3) is 0 Å². The fourth-order valence-electron chi connectivity index (χ4n) is 6.31. The van der Waals surface area contributed by atoms with Crippen molar-refractivity contribution >= 4 is 35.6 Å². The minimum absolute atomic E-state index is 0.0182. The third-order valence-corrected chi connectivity index (χ3v) is 9.15. The molecule has 0 bridgehead atoms. The van der Waals surface area contributed by atoms with Gasteiger partial charge >= 0.3 is 12.2 Å². The number of aryl methyl sites for hydroxylation is 1. The highest BCUT2D eigenvalue weighted by molar-refractivity contribution is 6.07. The molecule has 1 heterocycles. The molecule has 1 saturated heterocycles. The van der Waals surface area contributed by atoms with Crippen molar-refractivity contribution in [3.05, 3.63) is 65.2 Å². The first-order valence-electron chi connectivity index (χ1n) is 15.6. The molecule has 1 unspecified atom stereocenters. The summed E-state index contributed by atoms with van der Waals surface area (Å²) < 4.78 is 11.1. The lowest BCUT2D eigenvalue weighted by Crippen LogP contribution is -2.47. The van der Waals surface area contributed by atoms with E-state index < -0.39 is 34.8 Å². The molecule has 1 spiro atoms. The van der Waals surface area contributed by atoms with Gasteiger partial charge in [-0.3, -0.25) is 14.4 Å². The van der Waals surface area contributed by atoms with Crippen LogP contribution >= 0.6 is 0 Å². The topological polar surface area (TPSA) is 134 Å². The highest BCUT2D eigenvalue weighted by Gasteiger charge is 2.59. The van der Waals surface area contributed by atoms with Gasteiger partial charge in [0.1, 0.15) is 17.7 Å². The Bertz CT molecular complexity index is 1540. The van der Waals surface area contributed by atoms with E-state index in [0.29, 0.717) is 43.0 Å². The maximum absolute atomic E-state index is 13.8. The maximum Gasteiger partial charge on any atom is 0.418 e. The lowest BCUT2D eigenvalue weighted by Gasteiger charge is -2.30. The van der Waals surface area contributed by atoms with Crippen molar-refractivity contribution in [1.29, 1.82) is 0 Å². The summed E-state index contributed by atoms with van der Waals surface area (Å²) in [4.78, 5) is 68.7. The first-order chi connectivity index (χ1) is 21.3. The summed E-state index contributed by atoms with van der Waals surface area (Å²) in [5.74, 6) is -0.793. The largest absolute Gasteiger partial charge is 0.444 e. The highest BCUT2D eigenvalue weighted by atomic mass is 16.6. The Kier molecular flexibility index (Phi) is 7.61. The lowest BCUT2D eigenvalue weighted by molar-refractivity contribution is -0.143. The van der Waals surface area contributed by atoms with Crippen molar-refractivity contribution in [3.63, 3.8) is 0 Å². The Labute approximate surface area is 262 Å². The molecule has 11 nitrogen and oxygen atoms in total. The molecule has 2 N–H and O–H groups in total. The summed E-state index contributed by atoms with van der Waals surface area (Å²) in [7, 11) is 0. The normalized spacial score (nSPS) is 22.0. The van der Waals surface area contributed by atoms with Crippen LogP contribution in [0.5, 0.6) is 0 Å². The van der Waals surface area contributed by atoms with Crippen LogP contribution in [0.3, 0.4) is 0 Å². The van der Waals surface area contributed by atoms with Crippen LogP contribution in [0.4, 0.5) is 15.3 Å². The fourth-order valence-corrected chi connectivity index (χ4v) is 6.31. The van der Waals surface area contributed by atoms with Crippen molar-refractivity contribution in [2.24, 2.45) is 5.92 Å². The standard InChI is InChI=1S/C34H40N4O7/c1-21(23-10-11-23)37(19-22-8-6-5-7-9-22)27(39)20-38-29(41)34(45-31(38)43)15-14-24-18-25(12-13-26(24)34)35-28(40)33(16-17-33)36-30(42)44-32(2,3)4/h5-9,12-13,18,21,23H,10-11,14-17,19-20H2,1-4H3,(H,35,40)(H,36,42)/t21-,34?/m0/s1. The van der Waals surface area contributed by atoms with E-state index in [4.69, 9.17) is 9.47 Å². The average molecular weight is 617 g/mol. The molecule has 4 aliphatic rings. The maximum atomic E-state index is 13.8. The predicted molar refractivity (Wildman–Crippen MR) is 164 cm³/mol. The average Bonchev–Trinajstić information content (AvgIpc) is 3.91. The number of alkyl carbamates (subject to hydrolysis) is 1. The molecular weight excluding hydrogens is 576 g/mol. The molecule has 2 saturated carbocycles. The number of imide groups is 1. The smallest absolute Gasteiger partial charge is 0.418 e. The van der Waals surface area contributed by atoms with Gasteiger partial charge in [0.2, 0.25) is 17.4 Å². The van der Waals surface area contributed by atoms with E-state index in [1.54, 1.807) is 43.9 Å². The van der Waals surface area contributed by atoms with Crippen molar-refractivity contribution in [1.82, 2.24) is 15.1 Å². The first-order valence-corrected chi connectivity index (χ1v) is 15.6. The zero-order chi connectivity index (χ0) is 32.1. The van der Waals surface area contributed by atoms with E-state index in [2.05, 4.69) is 10.6 Å². The van der Waals surface area contributed by atoms with Crippen LogP contribution in [-0.2, 0) is 42.4 Å². The van der Waals surface area contributed by atoms with Gasteiger partial charge in [-0.25, -0.2) is 14.5 Å². The monoisotopic (exact) mass is 616 g/mol. The molecule has 11 heteroatoms. The molecule has 3 aliphatic carbocycles. The van der Waals surface area contributed by atoms with Crippen LogP contribution in [-0.4, -0.2) is 63.4 Å². The number of hydrogen-bond acceptors (Lipinski definition) is 7. The van der Waals surface area contributed by atoms with Gasteiger partial charge in [-0.15, -0.1) is 0 Å². The molecule has 5 amide bonds. The molecule has 3 fully saturated rings. The van der Waals surface area contributed by atoms with E-state index in [1.165, 1.54) is 0 Å². The summed E-state index contributed by atoms with van der Waals surface area (Å²) in [6.07, 6.45) is 2.29. The van der Waals surface area contributed by atoms with Crippen molar-refractivity contribution < 1.29 is 33.4 Å². The second kappa shape index (κ2) is 11.2. The summed E-state index contributed by atoms with van der Waals surface area (Å²) in [6.45, 7) is 7.28. The van der Waals surface area contributed by atoms with Crippen LogP contribution in [0, 0.1) is 5.92 Å². The van der Waals surface area contributed by atoms with Gasteiger partial charge in [-0.05, 0) is 89.0 Å². The van der Waals surface area contributed by atoms with Crippen LogP contribution in [0.2, 0.25) is 0 Å². The van der Waals surface area contributed by atoms with E-state index in [9.17, 15) is 24.0 Å². The van der Waals surface area contributed by atoms with Gasteiger partial charge in [-0.2, -0.15) is 0 Å². The number of hydrogen-bond donors (Lipinski definition) is 2. The molecule has 2 atom stereocenters. The SMILES string of the molecule is C[C@@H](C1CC1)N(Cc1ccccc1)C(=O)CN1C(=O)OC2(CCc3cc(NC(=O)C4(NC(=O)OC(C)(C)C)CC4)ccc32)C1=O. The number of amides is 5. The quantitative estimate of drug-likeness (QED) is 0.420. The van der Waals surface area contributed by atoms with Crippen molar-refractivity contribution in [2.75, 3.05) is 11.9 Å². The van der Waals surface area contributed by atoms with E-state index in [1.807, 2.05) is 37.3 Å². The number of fused-ring (bicyclic) bond motifs is 2. The Balaban J connectivity index is 1.14. The van der Waals surface area contributed by atoms with Crippen LogP contribution in [0.15, 0.2) is 48.5 Å². The van der Waals surface area contributed by atoms with Gasteiger partial charge in [0.25, 0.3) is 5.91 Å². The summed E-state index contributed by atoms with van der Waals surface area (Å²) in [6, 6.07) is 14.8. The van der Waals surface area contributed by atoms with Crippen molar-refractivity contribution in [3.8, 4) is 0 Å². The third kappa shape index (κ3) is 6.12. The second-order valence-electron chi connectivity index (χ2n) is 13.7. The molecule has 2 aromatic rings. The molecule has 0 radical (unpaired) electrons. The van der Waals surface area contributed by atoms with E-state index >= 15 is 0 Å². The molecule has 0 aromatic heterocycles. The molecular formula is C34H40N4O7.